The molecule has 4 heteroatoms. The number of benzene rings is 1. The van der Waals surface area contributed by atoms with E-state index in [1.807, 2.05) is 30.0 Å². The monoisotopic (exact) mass is 243 g/mol. The highest BCUT2D eigenvalue weighted by Crippen LogP contribution is 2.44. The molecule has 2 aromatic rings. The van der Waals surface area contributed by atoms with Crippen molar-refractivity contribution in [1.82, 2.24) is 0 Å². The third kappa shape index (κ3) is 1.49. The molecule has 0 unspecified atom stereocenters. The number of ketones is 1. The normalized spacial score (nSPS) is 16.1. The van der Waals surface area contributed by atoms with E-state index in [1.54, 1.807) is 6.26 Å². The summed E-state index contributed by atoms with van der Waals surface area (Å²) in [4.78, 5) is 13.2. The lowest BCUT2D eigenvalue weighted by atomic mass is 10.2. The van der Waals surface area contributed by atoms with Crippen molar-refractivity contribution in [2.24, 2.45) is 0 Å². The van der Waals surface area contributed by atoms with Crippen LogP contribution in [0, 0.1) is 0 Å². The summed E-state index contributed by atoms with van der Waals surface area (Å²) >= 11 is 0. The van der Waals surface area contributed by atoms with E-state index in [9.17, 15) is 4.79 Å². The summed E-state index contributed by atoms with van der Waals surface area (Å²) in [6.45, 7) is 4.27. The van der Waals surface area contributed by atoms with E-state index in [1.165, 1.54) is 13.0 Å². The van der Waals surface area contributed by atoms with Gasteiger partial charge in [0.2, 0.25) is 5.88 Å². The van der Waals surface area contributed by atoms with Gasteiger partial charge in [-0.05, 0) is 32.0 Å². The first-order valence-corrected chi connectivity index (χ1v) is 5.88. The molecule has 0 atom stereocenters. The van der Waals surface area contributed by atoms with Gasteiger partial charge in [0.15, 0.2) is 11.5 Å². The van der Waals surface area contributed by atoms with Gasteiger partial charge < -0.3 is 14.1 Å². The zero-order chi connectivity index (χ0) is 12.7. The molecule has 0 fully saturated rings. The number of carbonyl (C=O) groups is 1. The van der Waals surface area contributed by atoms with Crippen molar-refractivity contribution in [3.63, 3.8) is 0 Å². The van der Waals surface area contributed by atoms with Gasteiger partial charge in [0.25, 0.3) is 0 Å². The van der Waals surface area contributed by atoms with Gasteiger partial charge in [0.05, 0.1) is 12.0 Å². The number of fused-ring (bicyclic) bond motifs is 3. The summed E-state index contributed by atoms with van der Waals surface area (Å²) in [5.41, 5.74) is 1.79. The van der Waals surface area contributed by atoms with Gasteiger partial charge in [0.1, 0.15) is 5.58 Å². The van der Waals surface area contributed by atoms with E-state index < -0.39 is 0 Å². The van der Waals surface area contributed by atoms with E-state index in [2.05, 4.69) is 0 Å². The van der Waals surface area contributed by atoms with Crippen molar-refractivity contribution < 1.29 is 13.9 Å². The van der Waals surface area contributed by atoms with Crippen molar-refractivity contribution >= 4 is 22.4 Å². The number of furan rings is 1. The minimum absolute atomic E-state index is 0.0281. The fourth-order valence-electron chi connectivity index (χ4n) is 2.24. The van der Waals surface area contributed by atoms with E-state index in [-0.39, 0.29) is 5.78 Å². The van der Waals surface area contributed by atoms with Gasteiger partial charge >= 0.3 is 0 Å². The number of rotatable bonds is 2. The Morgan fingerprint density at radius 3 is 2.94 bits per heavy atom. The quantitative estimate of drug-likeness (QED) is 0.760. The van der Waals surface area contributed by atoms with Crippen LogP contribution in [0.15, 0.2) is 40.8 Å². The molecule has 0 saturated heterocycles. The molecule has 1 aliphatic rings. The summed E-state index contributed by atoms with van der Waals surface area (Å²) in [7, 11) is 0. The molecule has 3 rings (SSSR count). The smallest absolute Gasteiger partial charge is 0.204 e. The molecule has 4 nitrogen and oxygen atoms in total. The Bertz CT molecular complexity index is 654. The maximum Gasteiger partial charge on any atom is 0.204 e. The lowest BCUT2D eigenvalue weighted by Crippen LogP contribution is -2.20. The zero-order valence-corrected chi connectivity index (χ0v) is 10.3. The highest BCUT2D eigenvalue weighted by molar-refractivity contribution is 5.98. The first-order chi connectivity index (χ1) is 8.70. The van der Waals surface area contributed by atoms with Crippen molar-refractivity contribution in [3.8, 4) is 5.75 Å². The van der Waals surface area contributed by atoms with Gasteiger partial charge in [-0.1, -0.05) is 0 Å². The minimum Gasteiger partial charge on any atom is -0.464 e. The van der Waals surface area contributed by atoms with Gasteiger partial charge in [0, 0.05) is 18.0 Å². The largest absolute Gasteiger partial charge is 0.464 e. The molecule has 18 heavy (non-hydrogen) atoms. The Morgan fingerprint density at radius 1 is 1.39 bits per heavy atom. The predicted molar refractivity (Wildman–Crippen MR) is 68.6 cm³/mol. The summed E-state index contributed by atoms with van der Waals surface area (Å²) in [6.07, 6.45) is 3.17. The second kappa shape index (κ2) is 3.91. The average molecular weight is 243 g/mol. The SMILES string of the molecule is CCN1/C(=C/C(C)=O)Oc2ccc3occc3c21. The fraction of sp³-hybridized carbons (Fsp3) is 0.214. The van der Waals surface area contributed by atoms with Crippen LogP contribution in [0.1, 0.15) is 13.8 Å². The van der Waals surface area contributed by atoms with E-state index in [4.69, 9.17) is 9.15 Å². The van der Waals surface area contributed by atoms with Crippen molar-refractivity contribution in [2.45, 2.75) is 13.8 Å². The van der Waals surface area contributed by atoms with Crippen LogP contribution in [0.4, 0.5) is 5.69 Å². The molecule has 0 radical (unpaired) electrons. The number of hydrogen-bond donors (Lipinski definition) is 0. The van der Waals surface area contributed by atoms with E-state index in [0.29, 0.717) is 5.88 Å². The molecule has 2 heterocycles. The maximum atomic E-state index is 11.2. The topological polar surface area (TPSA) is 42.7 Å². The third-order valence-corrected chi connectivity index (χ3v) is 2.96. The summed E-state index contributed by atoms with van der Waals surface area (Å²) in [5.74, 6) is 1.31. The van der Waals surface area contributed by atoms with Crippen LogP contribution in [-0.4, -0.2) is 12.3 Å². The maximum absolute atomic E-state index is 11.2. The third-order valence-electron chi connectivity index (χ3n) is 2.96. The van der Waals surface area contributed by atoms with Crippen LogP contribution in [0.25, 0.3) is 11.0 Å². The average Bonchev–Trinajstić information content (AvgIpc) is 2.89. The number of hydrogen-bond acceptors (Lipinski definition) is 4. The Hall–Kier alpha value is -2.23. The lowest BCUT2D eigenvalue weighted by Gasteiger charge is -2.15. The highest BCUT2D eigenvalue weighted by atomic mass is 16.5. The standard InChI is InChI=1S/C14H13NO3/c1-3-15-13(8-9(2)16)18-12-5-4-11-10(14(12)15)6-7-17-11/h4-8H,3H2,1-2H3/b13-8-. The van der Waals surface area contributed by atoms with Crippen molar-refractivity contribution in [2.75, 3.05) is 11.4 Å². The Morgan fingerprint density at radius 2 is 2.22 bits per heavy atom. The number of anilines is 1. The van der Waals surface area contributed by atoms with E-state index in [0.717, 1.165) is 29.0 Å². The molecule has 0 saturated carbocycles. The summed E-state index contributed by atoms with van der Waals surface area (Å²) in [6, 6.07) is 5.65. The number of nitrogens with zero attached hydrogens (tertiary/aromatic N) is 1. The zero-order valence-electron chi connectivity index (χ0n) is 10.3. The second-order valence-electron chi connectivity index (χ2n) is 4.18. The van der Waals surface area contributed by atoms with Gasteiger partial charge in [-0.3, -0.25) is 4.79 Å². The first kappa shape index (κ1) is 10.9. The molecule has 0 amide bonds. The fourth-order valence-corrected chi connectivity index (χ4v) is 2.24. The molecular formula is C14H13NO3. The van der Waals surface area contributed by atoms with Gasteiger partial charge in [-0.25, -0.2) is 0 Å². The Balaban J connectivity index is 2.20. The van der Waals surface area contributed by atoms with Crippen molar-refractivity contribution in [3.05, 3.63) is 36.4 Å². The summed E-state index contributed by atoms with van der Waals surface area (Å²) in [5, 5.41) is 1.00. The molecule has 0 N–H and O–H groups in total. The molecule has 1 aromatic heterocycles. The van der Waals surface area contributed by atoms with Gasteiger partial charge in [-0.2, -0.15) is 0 Å². The van der Waals surface area contributed by atoms with Crippen LogP contribution in [0.2, 0.25) is 0 Å². The molecule has 0 spiro atoms. The molecule has 0 aliphatic carbocycles. The van der Waals surface area contributed by atoms with Crippen LogP contribution in [0.5, 0.6) is 5.75 Å². The number of carbonyl (C=O) groups excluding carboxylic acids is 1. The molecular weight excluding hydrogens is 230 g/mol. The molecule has 92 valence electrons. The molecule has 0 bridgehead atoms. The van der Waals surface area contributed by atoms with Crippen molar-refractivity contribution in [1.29, 1.82) is 0 Å². The second-order valence-corrected chi connectivity index (χ2v) is 4.18. The first-order valence-electron chi connectivity index (χ1n) is 5.88. The van der Waals surface area contributed by atoms with Crippen LogP contribution < -0.4 is 9.64 Å². The molecule has 1 aliphatic heterocycles. The van der Waals surface area contributed by atoms with Crippen LogP contribution >= 0.6 is 0 Å². The number of allylic oxidation sites excluding steroid dienone is 1. The lowest BCUT2D eigenvalue weighted by molar-refractivity contribution is -0.112. The van der Waals surface area contributed by atoms with Crippen LogP contribution in [0.3, 0.4) is 0 Å². The summed E-state index contributed by atoms with van der Waals surface area (Å²) < 4.78 is 11.1. The predicted octanol–water partition coefficient (Wildman–Crippen LogP) is 3.08. The Kier molecular flexibility index (Phi) is 2.37. The molecule has 1 aromatic carbocycles. The Labute approximate surface area is 104 Å². The van der Waals surface area contributed by atoms with E-state index >= 15 is 0 Å². The minimum atomic E-state index is -0.0281. The van der Waals surface area contributed by atoms with Gasteiger partial charge in [-0.15, -0.1) is 0 Å². The highest BCUT2D eigenvalue weighted by Gasteiger charge is 2.28. The van der Waals surface area contributed by atoms with Crippen LogP contribution in [-0.2, 0) is 4.79 Å². The number of ether oxygens (including phenoxy) is 1.